The van der Waals surface area contributed by atoms with Gasteiger partial charge in [0.05, 0.1) is 29.1 Å². The van der Waals surface area contributed by atoms with Crippen LogP contribution in [0.3, 0.4) is 0 Å². The number of carbonyl (C=O) groups excluding carboxylic acids is 1. The molecule has 0 bridgehead atoms. The first-order valence-electron chi connectivity index (χ1n) is 9.76. The number of amides is 1. The Morgan fingerprint density at radius 2 is 1.97 bits per heavy atom. The van der Waals surface area contributed by atoms with Crippen LogP contribution in [0.15, 0.2) is 48.7 Å². The fourth-order valence-corrected chi connectivity index (χ4v) is 3.84. The summed E-state index contributed by atoms with van der Waals surface area (Å²) in [7, 11) is 0. The van der Waals surface area contributed by atoms with Gasteiger partial charge in [0.1, 0.15) is 0 Å². The molecule has 4 rings (SSSR count). The second-order valence-electron chi connectivity index (χ2n) is 7.49. The average Bonchev–Trinajstić information content (AvgIpc) is 3.36. The van der Waals surface area contributed by atoms with Crippen molar-refractivity contribution in [3.63, 3.8) is 0 Å². The molecule has 1 saturated heterocycles. The van der Waals surface area contributed by atoms with E-state index in [1.54, 1.807) is 6.20 Å². The minimum absolute atomic E-state index is 0.0707. The lowest BCUT2D eigenvalue weighted by atomic mass is 10.0. The fraction of sp³-hybridized carbons (Fsp3) is 0.318. The van der Waals surface area contributed by atoms with E-state index in [0.29, 0.717) is 18.5 Å². The normalized spacial score (nSPS) is 16.8. The van der Waals surface area contributed by atoms with Crippen LogP contribution >= 0.6 is 0 Å². The summed E-state index contributed by atoms with van der Waals surface area (Å²) >= 11 is 0. The lowest BCUT2D eigenvalue weighted by Crippen LogP contribution is -2.31. The zero-order valence-corrected chi connectivity index (χ0v) is 16.4. The summed E-state index contributed by atoms with van der Waals surface area (Å²) < 4.78 is 38.3. The van der Waals surface area contributed by atoms with Gasteiger partial charge in [-0.25, -0.2) is 0 Å². The van der Waals surface area contributed by atoms with Gasteiger partial charge in [0.15, 0.2) is 0 Å². The highest BCUT2D eigenvalue weighted by Gasteiger charge is 2.33. The Hall–Kier alpha value is -3.16. The summed E-state index contributed by atoms with van der Waals surface area (Å²) in [4.78, 5) is 19.5. The number of H-pyrrole nitrogens is 1. The summed E-state index contributed by atoms with van der Waals surface area (Å²) in [5.74, 6) is -0.0707. The molecule has 2 aromatic heterocycles. The minimum atomic E-state index is -4.34. The average molecular weight is 414 g/mol. The number of alkyl halides is 3. The first-order valence-corrected chi connectivity index (χ1v) is 9.76. The number of hydrogen-bond acceptors (Lipinski definition) is 3. The molecule has 1 amide bonds. The Labute approximate surface area is 171 Å². The van der Waals surface area contributed by atoms with Gasteiger partial charge in [-0.2, -0.15) is 18.3 Å². The molecule has 0 aliphatic carbocycles. The van der Waals surface area contributed by atoms with E-state index in [4.69, 9.17) is 4.98 Å². The molecule has 0 spiro atoms. The van der Waals surface area contributed by atoms with E-state index >= 15 is 0 Å². The second-order valence-corrected chi connectivity index (χ2v) is 7.49. The summed E-state index contributed by atoms with van der Waals surface area (Å²) in [6, 6.07) is 10.6. The van der Waals surface area contributed by atoms with Gasteiger partial charge in [-0.3, -0.25) is 14.9 Å². The number of aromatic amines is 1. The Bertz CT molecular complexity index is 1040. The quantitative estimate of drug-likeness (QED) is 0.673. The van der Waals surface area contributed by atoms with Crippen molar-refractivity contribution in [2.45, 2.75) is 38.4 Å². The van der Waals surface area contributed by atoms with E-state index in [1.165, 1.54) is 12.1 Å². The standard InChI is InChI=1S/C22H21F3N4O/c1-14-18(13-26-28-14)21(30)29-11-3-6-20(29)19-5-2-4-17(27-19)12-15-7-9-16(10-8-15)22(23,24)25/h2,4-5,7-10,13,20H,3,6,11-12H2,1H3,(H,26,28)/t20-/m0/s1. The Balaban J connectivity index is 1.53. The van der Waals surface area contributed by atoms with Gasteiger partial charge in [0, 0.05) is 24.4 Å². The van der Waals surface area contributed by atoms with Crippen molar-refractivity contribution in [1.82, 2.24) is 20.1 Å². The molecule has 156 valence electrons. The van der Waals surface area contributed by atoms with Gasteiger partial charge in [0.2, 0.25) is 0 Å². The highest BCUT2D eigenvalue weighted by atomic mass is 19.4. The Morgan fingerprint density at radius 3 is 2.63 bits per heavy atom. The fourth-order valence-electron chi connectivity index (χ4n) is 3.84. The van der Waals surface area contributed by atoms with E-state index < -0.39 is 11.7 Å². The smallest absolute Gasteiger partial charge is 0.330 e. The molecule has 3 aromatic rings. The molecule has 3 heterocycles. The number of nitrogens with one attached hydrogen (secondary N) is 1. The van der Waals surface area contributed by atoms with E-state index in [0.717, 1.165) is 47.6 Å². The number of aryl methyl sites for hydroxylation is 1. The van der Waals surface area contributed by atoms with Crippen LogP contribution in [0, 0.1) is 6.92 Å². The third-order valence-corrected chi connectivity index (χ3v) is 5.41. The van der Waals surface area contributed by atoms with E-state index in [9.17, 15) is 18.0 Å². The number of nitrogens with zero attached hydrogens (tertiary/aromatic N) is 3. The van der Waals surface area contributed by atoms with Crippen LogP contribution in [0.1, 0.15) is 57.5 Å². The van der Waals surface area contributed by atoms with Crippen molar-refractivity contribution >= 4 is 5.91 Å². The van der Waals surface area contributed by atoms with Gasteiger partial charge in [-0.15, -0.1) is 0 Å². The van der Waals surface area contributed by atoms with Crippen LogP contribution in [0.5, 0.6) is 0 Å². The maximum absolute atomic E-state index is 12.9. The van der Waals surface area contributed by atoms with Crippen LogP contribution in [0.4, 0.5) is 13.2 Å². The van der Waals surface area contributed by atoms with Crippen LogP contribution in [0.2, 0.25) is 0 Å². The van der Waals surface area contributed by atoms with Gasteiger partial charge < -0.3 is 4.90 Å². The Morgan fingerprint density at radius 1 is 1.20 bits per heavy atom. The predicted molar refractivity (Wildman–Crippen MR) is 105 cm³/mol. The van der Waals surface area contributed by atoms with Crippen molar-refractivity contribution in [3.05, 3.63) is 82.4 Å². The predicted octanol–water partition coefficient (Wildman–Crippen LogP) is 4.70. The number of aromatic nitrogens is 3. The zero-order chi connectivity index (χ0) is 21.3. The van der Waals surface area contributed by atoms with Gasteiger partial charge >= 0.3 is 6.18 Å². The highest BCUT2D eigenvalue weighted by molar-refractivity contribution is 5.95. The summed E-state index contributed by atoms with van der Waals surface area (Å²) in [6.45, 7) is 2.47. The van der Waals surface area contributed by atoms with E-state index in [-0.39, 0.29) is 11.9 Å². The molecule has 1 atom stereocenters. The summed E-state index contributed by atoms with van der Waals surface area (Å²) in [5.41, 5.74) is 2.93. The largest absolute Gasteiger partial charge is 0.416 e. The van der Waals surface area contributed by atoms with E-state index in [2.05, 4.69) is 10.2 Å². The minimum Gasteiger partial charge on any atom is -0.330 e. The van der Waals surface area contributed by atoms with E-state index in [1.807, 2.05) is 30.0 Å². The second kappa shape index (κ2) is 7.93. The number of likely N-dealkylation sites (tertiary alicyclic amines) is 1. The van der Waals surface area contributed by atoms with Gasteiger partial charge in [-0.05, 0) is 49.6 Å². The highest BCUT2D eigenvalue weighted by Crippen LogP contribution is 2.33. The molecule has 0 radical (unpaired) electrons. The lowest BCUT2D eigenvalue weighted by Gasteiger charge is -2.24. The number of benzene rings is 1. The molecule has 8 heteroatoms. The molecule has 1 aromatic carbocycles. The van der Waals surface area contributed by atoms with Crippen LogP contribution < -0.4 is 0 Å². The molecular weight excluding hydrogens is 393 g/mol. The SMILES string of the molecule is Cc1[nH]ncc1C(=O)N1CCC[C@H]1c1cccc(Cc2ccc(C(F)(F)F)cc2)n1. The third-order valence-electron chi connectivity index (χ3n) is 5.41. The maximum atomic E-state index is 12.9. The number of hydrogen-bond donors (Lipinski definition) is 1. The van der Waals surface area contributed by atoms with Crippen molar-refractivity contribution in [3.8, 4) is 0 Å². The monoisotopic (exact) mass is 414 g/mol. The molecular formula is C22H21F3N4O. The van der Waals surface area contributed by atoms with Crippen LogP contribution in [-0.2, 0) is 12.6 Å². The van der Waals surface area contributed by atoms with Gasteiger partial charge in [0.25, 0.3) is 5.91 Å². The summed E-state index contributed by atoms with van der Waals surface area (Å²) in [6.07, 6.45) is -0.672. The number of carbonyl (C=O) groups is 1. The number of rotatable bonds is 4. The molecule has 0 unspecified atom stereocenters. The molecule has 1 aliphatic heterocycles. The van der Waals surface area contributed by atoms with Crippen LogP contribution in [0.25, 0.3) is 0 Å². The molecule has 5 nitrogen and oxygen atoms in total. The lowest BCUT2D eigenvalue weighted by molar-refractivity contribution is -0.137. The molecule has 1 N–H and O–H groups in total. The third kappa shape index (κ3) is 4.08. The molecule has 0 saturated carbocycles. The first-order chi connectivity index (χ1) is 14.3. The summed E-state index contributed by atoms with van der Waals surface area (Å²) in [5, 5.41) is 6.73. The first kappa shape index (κ1) is 20.1. The molecule has 1 aliphatic rings. The van der Waals surface area contributed by atoms with Crippen LogP contribution in [-0.4, -0.2) is 32.5 Å². The van der Waals surface area contributed by atoms with Crippen molar-refractivity contribution in [2.75, 3.05) is 6.54 Å². The zero-order valence-electron chi connectivity index (χ0n) is 16.4. The van der Waals surface area contributed by atoms with Crippen molar-refractivity contribution < 1.29 is 18.0 Å². The maximum Gasteiger partial charge on any atom is 0.416 e. The molecule has 1 fully saturated rings. The van der Waals surface area contributed by atoms with Gasteiger partial charge in [-0.1, -0.05) is 18.2 Å². The number of halogens is 3. The molecule has 30 heavy (non-hydrogen) atoms. The number of pyridine rings is 1. The Kier molecular flexibility index (Phi) is 5.32. The van der Waals surface area contributed by atoms with Crippen molar-refractivity contribution in [1.29, 1.82) is 0 Å². The van der Waals surface area contributed by atoms with Crippen molar-refractivity contribution in [2.24, 2.45) is 0 Å². The topological polar surface area (TPSA) is 61.9 Å².